The molecular formula is C17H15F3N4O. The summed E-state index contributed by atoms with van der Waals surface area (Å²) in [6.45, 7) is 0. The number of rotatable bonds is 4. The van der Waals surface area contributed by atoms with E-state index in [-0.39, 0.29) is 11.3 Å². The lowest BCUT2D eigenvalue weighted by Gasteiger charge is -2.04. The van der Waals surface area contributed by atoms with E-state index in [2.05, 4.69) is 15.5 Å². The van der Waals surface area contributed by atoms with Crippen LogP contribution in [0, 0.1) is 0 Å². The maximum atomic E-state index is 12.6. The first-order valence-corrected chi connectivity index (χ1v) is 7.52. The first kappa shape index (κ1) is 16.8. The number of alkyl halides is 3. The highest BCUT2D eigenvalue weighted by molar-refractivity contribution is 6.27. The number of hydrogen-bond donors (Lipinski definition) is 3. The smallest absolute Gasteiger partial charge is 0.399 e. The highest BCUT2D eigenvalue weighted by Crippen LogP contribution is 2.29. The summed E-state index contributed by atoms with van der Waals surface area (Å²) >= 11 is 0. The van der Waals surface area contributed by atoms with Crippen molar-refractivity contribution in [3.05, 3.63) is 58.9 Å². The number of aromatic nitrogens is 1. The summed E-state index contributed by atoms with van der Waals surface area (Å²) in [6.07, 6.45) is -1.98. The first-order valence-electron chi connectivity index (χ1n) is 7.52. The van der Waals surface area contributed by atoms with Crippen molar-refractivity contribution in [1.29, 1.82) is 0 Å². The van der Waals surface area contributed by atoms with Crippen LogP contribution in [0.25, 0.3) is 6.08 Å². The van der Waals surface area contributed by atoms with Crippen molar-refractivity contribution in [2.24, 2.45) is 5.10 Å². The van der Waals surface area contributed by atoms with Crippen LogP contribution in [0.2, 0.25) is 0 Å². The molecule has 0 saturated carbocycles. The number of anilines is 1. The van der Waals surface area contributed by atoms with Gasteiger partial charge in [-0.15, -0.1) is 0 Å². The van der Waals surface area contributed by atoms with Gasteiger partial charge in [-0.25, -0.2) is 5.43 Å². The second-order valence-electron chi connectivity index (χ2n) is 5.62. The van der Waals surface area contributed by atoms with Crippen molar-refractivity contribution < 1.29 is 18.0 Å². The average molecular weight is 348 g/mol. The number of aromatic amines is 1. The molecule has 0 unspecified atom stereocenters. The SMILES string of the molecule is Nc1ccc(CCC2=NNC(=O)C2=Cc2ccc(C(F)(F)F)[nH]2)cc1. The topological polar surface area (TPSA) is 83.3 Å². The Morgan fingerprint density at radius 3 is 2.44 bits per heavy atom. The standard InChI is InChI=1S/C17H15F3N4O/c18-17(19,20)15-8-6-12(22-15)9-13-14(23-24-16(13)25)7-3-10-1-4-11(21)5-2-10/h1-2,4-6,8-9,22H,3,7,21H2,(H,24,25). The minimum Gasteiger partial charge on any atom is -0.399 e. The van der Waals surface area contributed by atoms with E-state index in [0.29, 0.717) is 24.2 Å². The Labute approximate surface area is 141 Å². The molecule has 1 aromatic heterocycles. The first-order chi connectivity index (χ1) is 11.8. The number of benzene rings is 1. The third-order valence-corrected chi connectivity index (χ3v) is 3.79. The van der Waals surface area contributed by atoms with Gasteiger partial charge in [0, 0.05) is 11.4 Å². The molecule has 4 N–H and O–H groups in total. The monoisotopic (exact) mass is 348 g/mol. The molecule has 25 heavy (non-hydrogen) atoms. The molecule has 2 heterocycles. The van der Waals surface area contributed by atoms with E-state index in [0.717, 1.165) is 11.6 Å². The van der Waals surface area contributed by atoms with Crippen LogP contribution < -0.4 is 11.2 Å². The summed E-state index contributed by atoms with van der Waals surface area (Å²) in [5.74, 6) is -0.435. The summed E-state index contributed by atoms with van der Waals surface area (Å²) in [6, 6.07) is 9.53. The van der Waals surface area contributed by atoms with Gasteiger partial charge in [-0.2, -0.15) is 18.3 Å². The van der Waals surface area contributed by atoms with Crippen LogP contribution in [-0.2, 0) is 17.4 Å². The van der Waals surface area contributed by atoms with Gasteiger partial charge >= 0.3 is 6.18 Å². The third-order valence-electron chi connectivity index (χ3n) is 3.79. The molecule has 0 radical (unpaired) electrons. The Morgan fingerprint density at radius 1 is 1.08 bits per heavy atom. The van der Waals surface area contributed by atoms with E-state index in [1.165, 1.54) is 12.1 Å². The van der Waals surface area contributed by atoms with Crippen molar-refractivity contribution in [1.82, 2.24) is 10.4 Å². The molecule has 1 aliphatic heterocycles. The van der Waals surface area contributed by atoms with E-state index in [4.69, 9.17) is 5.73 Å². The van der Waals surface area contributed by atoms with Crippen molar-refractivity contribution in [3.8, 4) is 0 Å². The molecule has 8 heteroatoms. The van der Waals surface area contributed by atoms with Gasteiger partial charge in [0.05, 0.1) is 11.3 Å². The molecule has 5 nitrogen and oxygen atoms in total. The van der Waals surface area contributed by atoms with Crippen LogP contribution in [0.4, 0.5) is 18.9 Å². The number of aryl methyl sites for hydroxylation is 1. The zero-order valence-corrected chi connectivity index (χ0v) is 13.0. The van der Waals surface area contributed by atoms with Crippen LogP contribution in [0.3, 0.4) is 0 Å². The van der Waals surface area contributed by atoms with Crippen LogP contribution >= 0.6 is 0 Å². The average Bonchev–Trinajstić information content (AvgIpc) is 3.16. The number of nitrogens with one attached hydrogen (secondary N) is 2. The number of halogens is 3. The minimum absolute atomic E-state index is 0.194. The summed E-state index contributed by atoms with van der Waals surface area (Å²) in [4.78, 5) is 14.2. The molecule has 2 aromatic rings. The largest absolute Gasteiger partial charge is 0.431 e. The number of H-pyrrole nitrogens is 1. The zero-order valence-electron chi connectivity index (χ0n) is 13.0. The van der Waals surface area contributed by atoms with Crippen LogP contribution in [0.15, 0.2) is 47.1 Å². The van der Waals surface area contributed by atoms with Crippen molar-refractivity contribution in [2.75, 3.05) is 5.73 Å². The zero-order chi connectivity index (χ0) is 18.0. The summed E-state index contributed by atoms with van der Waals surface area (Å²) < 4.78 is 37.9. The Balaban J connectivity index is 1.75. The normalized spacial score (nSPS) is 16.2. The predicted octanol–water partition coefficient (Wildman–Crippen LogP) is 3.12. The maximum absolute atomic E-state index is 12.6. The van der Waals surface area contributed by atoms with Crippen molar-refractivity contribution >= 4 is 23.4 Å². The van der Waals surface area contributed by atoms with Gasteiger partial charge in [0.1, 0.15) is 5.69 Å². The Bertz CT molecular complexity index is 848. The molecular weight excluding hydrogens is 333 g/mol. The molecule has 0 saturated heterocycles. The number of nitrogens with zero attached hydrogens (tertiary/aromatic N) is 1. The quantitative estimate of drug-likeness (QED) is 0.586. The van der Waals surface area contributed by atoms with E-state index >= 15 is 0 Å². The molecule has 0 fully saturated rings. The molecule has 1 amide bonds. The number of nitrogens with two attached hydrogens (primary N) is 1. The van der Waals surface area contributed by atoms with E-state index in [1.54, 1.807) is 12.1 Å². The number of carbonyl (C=O) groups excluding carboxylic acids is 1. The summed E-state index contributed by atoms with van der Waals surface area (Å²) in [7, 11) is 0. The number of amides is 1. The van der Waals surface area contributed by atoms with Gasteiger partial charge in [0.2, 0.25) is 0 Å². The number of hydrogen-bond acceptors (Lipinski definition) is 3. The Kier molecular flexibility index (Phi) is 4.35. The lowest BCUT2D eigenvalue weighted by atomic mass is 10.0. The minimum atomic E-state index is -4.46. The highest BCUT2D eigenvalue weighted by atomic mass is 19.4. The van der Waals surface area contributed by atoms with E-state index < -0.39 is 17.8 Å². The highest BCUT2D eigenvalue weighted by Gasteiger charge is 2.32. The lowest BCUT2D eigenvalue weighted by Crippen LogP contribution is -2.13. The van der Waals surface area contributed by atoms with Gasteiger partial charge < -0.3 is 10.7 Å². The Hall–Kier alpha value is -3.03. The lowest BCUT2D eigenvalue weighted by molar-refractivity contribution is -0.140. The van der Waals surface area contributed by atoms with Gasteiger partial charge in [-0.3, -0.25) is 4.79 Å². The second kappa shape index (κ2) is 6.46. The van der Waals surface area contributed by atoms with Gasteiger partial charge in [0.15, 0.2) is 0 Å². The van der Waals surface area contributed by atoms with Crippen LogP contribution in [0.5, 0.6) is 0 Å². The number of hydrazone groups is 1. The number of nitrogen functional groups attached to an aromatic ring is 1. The molecule has 3 rings (SSSR count). The molecule has 1 aliphatic rings. The third kappa shape index (κ3) is 3.90. The molecule has 1 aromatic carbocycles. The summed E-state index contributed by atoms with van der Waals surface area (Å²) in [5.41, 5.74) is 9.75. The second-order valence-corrected chi connectivity index (χ2v) is 5.62. The molecule has 130 valence electrons. The van der Waals surface area contributed by atoms with E-state index in [1.807, 2.05) is 12.1 Å². The van der Waals surface area contributed by atoms with Gasteiger partial charge in [-0.1, -0.05) is 12.1 Å². The maximum Gasteiger partial charge on any atom is 0.431 e. The summed E-state index contributed by atoms with van der Waals surface area (Å²) in [5, 5.41) is 3.97. The molecule has 0 atom stereocenters. The molecule has 0 spiro atoms. The van der Waals surface area contributed by atoms with Gasteiger partial charge in [0.25, 0.3) is 5.91 Å². The fourth-order valence-electron chi connectivity index (χ4n) is 2.47. The number of carbonyl (C=O) groups is 1. The van der Waals surface area contributed by atoms with E-state index in [9.17, 15) is 18.0 Å². The fourth-order valence-corrected chi connectivity index (χ4v) is 2.47. The molecule has 0 aliphatic carbocycles. The van der Waals surface area contributed by atoms with Crippen LogP contribution in [-0.4, -0.2) is 16.6 Å². The van der Waals surface area contributed by atoms with Crippen molar-refractivity contribution in [3.63, 3.8) is 0 Å². The predicted molar refractivity (Wildman–Crippen MR) is 88.5 cm³/mol. The van der Waals surface area contributed by atoms with Gasteiger partial charge in [-0.05, 0) is 48.7 Å². The fraction of sp³-hybridized carbons (Fsp3) is 0.176. The van der Waals surface area contributed by atoms with Crippen molar-refractivity contribution in [2.45, 2.75) is 19.0 Å². The molecule has 0 bridgehead atoms. The van der Waals surface area contributed by atoms with Crippen LogP contribution in [0.1, 0.15) is 23.4 Å². The Morgan fingerprint density at radius 2 is 1.80 bits per heavy atom.